The Labute approximate surface area is 93.7 Å². The second kappa shape index (κ2) is 6.15. The number of esters is 1. The van der Waals surface area contributed by atoms with Gasteiger partial charge < -0.3 is 18.9 Å². The summed E-state index contributed by atoms with van der Waals surface area (Å²) in [6.07, 6.45) is 0.686. The minimum absolute atomic E-state index is 0.0873. The van der Waals surface area contributed by atoms with Crippen molar-refractivity contribution in [3.05, 3.63) is 11.4 Å². The van der Waals surface area contributed by atoms with E-state index >= 15 is 0 Å². The van der Waals surface area contributed by atoms with Crippen molar-refractivity contribution in [3.8, 4) is 0 Å². The standard InChI is InChI=1S/C9H15O6P/c1-8(9(11)13-6-3-10)7-16(12)14-4-2-5-15-16/h7,10H,2-6H2,1H3. The molecule has 16 heavy (non-hydrogen) atoms. The van der Waals surface area contributed by atoms with Crippen LogP contribution in [0.25, 0.3) is 0 Å². The van der Waals surface area contributed by atoms with Crippen LogP contribution in [0.5, 0.6) is 0 Å². The Bertz CT molecular complexity index is 314. The second-order valence-corrected chi connectivity index (χ2v) is 5.09. The summed E-state index contributed by atoms with van der Waals surface area (Å²) < 4.78 is 26.5. The number of aliphatic hydroxyl groups is 1. The minimum atomic E-state index is -3.28. The van der Waals surface area contributed by atoms with Gasteiger partial charge in [0.2, 0.25) is 0 Å². The first kappa shape index (κ1) is 13.4. The number of rotatable bonds is 4. The largest absolute Gasteiger partial charge is 0.460 e. The summed E-state index contributed by atoms with van der Waals surface area (Å²) in [4.78, 5) is 11.3. The van der Waals surface area contributed by atoms with E-state index in [1.165, 1.54) is 6.92 Å². The van der Waals surface area contributed by atoms with Gasteiger partial charge in [-0.05, 0) is 13.3 Å². The highest BCUT2D eigenvalue weighted by molar-refractivity contribution is 7.57. The number of carbonyl (C=O) groups is 1. The van der Waals surface area contributed by atoms with Gasteiger partial charge >= 0.3 is 13.6 Å². The molecule has 0 atom stereocenters. The lowest BCUT2D eigenvalue weighted by Gasteiger charge is -2.20. The zero-order valence-electron chi connectivity index (χ0n) is 9.05. The van der Waals surface area contributed by atoms with Crippen molar-refractivity contribution in [2.24, 2.45) is 0 Å². The first-order valence-corrected chi connectivity index (χ1v) is 6.55. The van der Waals surface area contributed by atoms with Gasteiger partial charge in [0.15, 0.2) is 0 Å². The zero-order valence-corrected chi connectivity index (χ0v) is 9.94. The summed E-state index contributed by atoms with van der Waals surface area (Å²) in [5.41, 5.74) is 0.152. The third-order valence-electron chi connectivity index (χ3n) is 1.83. The van der Waals surface area contributed by atoms with Gasteiger partial charge in [-0.25, -0.2) is 4.79 Å². The molecule has 1 rings (SSSR count). The van der Waals surface area contributed by atoms with Crippen molar-refractivity contribution in [2.75, 3.05) is 26.4 Å². The van der Waals surface area contributed by atoms with Crippen LogP contribution in [0.1, 0.15) is 13.3 Å². The van der Waals surface area contributed by atoms with E-state index in [1.807, 2.05) is 0 Å². The van der Waals surface area contributed by atoms with E-state index in [9.17, 15) is 9.36 Å². The van der Waals surface area contributed by atoms with Gasteiger partial charge in [0.1, 0.15) is 6.61 Å². The molecule has 0 aromatic heterocycles. The van der Waals surface area contributed by atoms with Gasteiger partial charge in [0, 0.05) is 11.4 Å². The molecule has 0 aliphatic carbocycles. The summed E-state index contributed by atoms with van der Waals surface area (Å²) in [5.74, 6) is 0.522. The highest BCUT2D eigenvalue weighted by Gasteiger charge is 2.26. The van der Waals surface area contributed by atoms with E-state index in [1.54, 1.807) is 0 Å². The summed E-state index contributed by atoms with van der Waals surface area (Å²) in [6, 6.07) is 0. The smallest absolute Gasteiger partial charge is 0.354 e. The Morgan fingerprint density at radius 1 is 1.50 bits per heavy atom. The highest BCUT2D eigenvalue weighted by Crippen LogP contribution is 2.52. The van der Waals surface area contributed by atoms with Crippen LogP contribution in [-0.2, 0) is 23.1 Å². The number of carbonyl (C=O) groups excluding carboxylic acids is 1. The van der Waals surface area contributed by atoms with Crippen LogP contribution in [0, 0.1) is 0 Å². The van der Waals surface area contributed by atoms with Gasteiger partial charge in [0.25, 0.3) is 0 Å². The molecule has 0 aromatic rings. The first-order chi connectivity index (χ1) is 7.57. The molecule has 0 amide bonds. The van der Waals surface area contributed by atoms with Crippen LogP contribution in [0.3, 0.4) is 0 Å². The molecule has 0 bridgehead atoms. The first-order valence-electron chi connectivity index (χ1n) is 4.94. The van der Waals surface area contributed by atoms with Crippen LogP contribution >= 0.6 is 7.60 Å². The molecular formula is C9H15O6P. The molecule has 6 nitrogen and oxygen atoms in total. The molecule has 7 heteroatoms. The number of hydrogen-bond acceptors (Lipinski definition) is 6. The van der Waals surface area contributed by atoms with E-state index in [2.05, 4.69) is 4.74 Å². The van der Waals surface area contributed by atoms with Crippen molar-refractivity contribution in [1.82, 2.24) is 0 Å². The molecule has 1 heterocycles. The topological polar surface area (TPSA) is 82.1 Å². The lowest BCUT2D eigenvalue weighted by Crippen LogP contribution is -2.11. The Morgan fingerprint density at radius 3 is 2.69 bits per heavy atom. The van der Waals surface area contributed by atoms with Crippen LogP contribution in [0.15, 0.2) is 11.4 Å². The highest BCUT2D eigenvalue weighted by atomic mass is 31.2. The van der Waals surface area contributed by atoms with Crippen molar-refractivity contribution in [2.45, 2.75) is 13.3 Å². The third kappa shape index (κ3) is 4.06. The molecular weight excluding hydrogens is 235 g/mol. The lowest BCUT2D eigenvalue weighted by atomic mass is 10.4. The molecule has 1 fully saturated rings. The molecule has 0 radical (unpaired) electrons. The summed E-state index contributed by atoms with van der Waals surface area (Å²) in [5, 5.41) is 8.47. The van der Waals surface area contributed by atoms with Crippen LogP contribution in [0.2, 0.25) is 0 Å². The van der Waals surface area contributed by atoms with E-state index in [4.69, 9.17) is 14.2 Å². The predicted molar refractivity (Wildman–Crippen MR) is 55.9 cm³/mol. The molecule has 0 aromatic carbocycles. The predicted octanol–water partition coefficient (Wildman–Crippen LogP) is 1.06. The third-order valence-corrected chi connectivity index (χ3v) is 3.62. The molecule has 0 saturated carbocycles. The lowest BCUT2D eigenvalue weighted by molar-refractivity contribution is -0.139. The Balaban J connectivity index is 2.60. The fourth-order valence-corrected chi connectivity index (χ4v) is 2.67. The SMILES string of the molecule is CC(=CP1(=O)OCCCO1)C(=O)OCCO. The summed E-state index contributed by atoms with van der Waals surface area (Å²) in [7, 11) is -3.28. The van der Waals surface area contributed by atoms with Gasteiger partial charge in [-0.2, -0.15) is 0 Å². The monoisotopic (exact) mass is 250 g/mol. The zero-order chi connectivity index (χ0) is 12.0. The van der Waals surface area contributed by atoms with E-state index < -0.39 is 13.6 Å². The Kier molecular flexibility index (Phi) is 5.15. The molecule has 1 aliphatic rings. The van der Waals surface area contributed by atoms with Gasteiger partial charge in [0.05, 0.1) is 19.8 Å². The van der Waals surface area contributed by atoms with Crippen molar-refractivity contribution >= 4 is 13.6 Å². The van der Waals surface area contributed by atoms with E-state index in [0.29, 0.717) is 19.6 Å². The van der Waals surface area contributed by atoms with E-state index in [-0.39, 0.29) is 18.8 Å². The summed E-state index contributed by atoms with van der Waals surface area (Å²) >= 11 is 0. The van der Waals surface area contributed by atoms with Gasteiger partial charge in [-0.3, -0.25) is 4.57 Å². The maximum Gasteiger partial charge on any atom is 0.354 e. The van der Waals surface area contributed by atoms with E-state index in [0.717, 1.165) is 5.82 Å². The number of hydrogen-bond donors (Lipinski definition) is 1. The fraction of sp³-hybridized carbons (Fsp3) is 0.667. The minimum Gasteiger partial charge on any atom is -0.460 e. The maximum atomic E-state index is 11.8. The quantitative estimate of drug-likeness (QED) is 0.456. The Morgan fingerprint density at radius 2 is 2.12 bits per heavy atom. The van der Waals surface area contributed by atoms with Gasteiger partial charge in [-0.15, -0.1) is 0 Å². The fourth-order valence-electron chi connectivity index (χ4n) is 1.10. The molecule has 0 spiro atoms. The average Bonchev–Trinajstić information content (AvgIpc) is 2.26. The van der Waals surface area contributed by atoms with Crippen LogP contribution < -0.4 is 0 Å². The van der Waals surface area contributed by atoms with Crippen molar-refractivity contribution in [1.29, 1.82) is 0 Å². The number of aliphatic hydroxyl groups excluding tert-OH is 1. The normalized spacial score (nSPS) is 20.5. The Hall–Kier alpha value is -0.680. The molecule has 1 N–H and O–H groups in total. The molecule has 92 valence electrons. The molecule has 1 aliphatic heterocycles. The van der Waals surface area contributed by atoms with Crippen molar-refractivity contribution < 1.29 is 28.3 Å². The van der Waals surface area contributed by atoms with Crippen LogP contribution in [0.4, 0.5) is 0 Å². The summed E-state index contributed by atoms with van der Waals surface area (Å²) in [6.45, 7) is 1.83. The maximum absolute atomic E-state index is 11.8. The average molecular weight is 250 g/mol. The molecule has 0 unspecified atom stereocenters. The molecule has 1 saturated heterocycles. The van der Waals surface area contributed by atoms with Crippen LogP contribution in [-0.4, -0.2) is 37.5 Å². The second-order valence-electron chi connectivity index (χ2n) is 3.23. The van der Waals surface area contributed by atoms with Crippen molar-refractivity contribution in [3.63, 3.8) is 0 Å². The number of ether oxygens (including phenoxy) is 1. The van der Waals surface area contributed by atoms with Gasteiger partial charge in [-0.1, -0.05) is 0 Å².